The molecule has 0 aromatic heterocycles. The van der Waals surface area contributed by atoms with Crippen molar-refractivity contribution in [2.45, 2.75) is 45.2 Å². The third-order valence-electron chi connectivity index (χ3n) is 3.88. The molecule has 0 saturated heterocycles. The second kappa shape index (κ2) is 5.77. The molecule has 1 N–H and O–H groups in total. The minimum Gasteiger partial charge on any atom is -0.307 e. The quantitative estimate of drug-likeness (QED) is 0.772. The summed E-state index contributed by atoms with van der Waals surface area (Å²) < 4.78 is 13.5. The van der Waals surface area contributed by atoms with Crippen LogP contribution in [0.1, 0.15) is 44.7 Å². The molecular formula is C14H18Cl2FN. The molecule has 100 valence electrons. The van der Waals surface area contributed by atoms with E-state index in [2.05, 4.69) is 12.2 Å². The van der Waals surface area contributed by atoms with Crippen molar-refractivity contribution in [1.29, 1.82) is 0 Å². The largest absolute Gasteiger partial charge is 0.307 e. The fourth-order valence-corrected chi connectivity index (χ4v) is 3.19. The van der Waals surface area contributed by atoms with Gasteiger partial charge in [-0.3, -0.25) is 0 Å². The van der Waals surface area contributed by atoms with Gasteiger partial charge >= 0.3 is 0 Å². The Balaban J connectivity index is 2.12. The summed E-state index contributed by atoms with van der Waals surface area (Å²) in [4.78, 5) is 0. The van der Waals surface area contributed by atoms with Gasteiger partial charge in [0.2, 0.25) is 0 Å². The van der Waals surface area contributed by atoms with Crippen molar-refractivity contribution in [3.05, 3.63) is 33.6 Å². The summed E-state index contributed by atoms with van der Waals surface area (Å²) in [5.74, 6) is 0.305. The van der Waals surface area contributed by atoms with Gasteiger partial charge in [-0.25, -0.2) is 4.39 Å². The van der Waals surface area contributed by atoms with E-state index in [-0.39, 0.29) is 11.1 Å². The highest BCUT2D eigenvalue weighted by Crippen LogP contribution is 2.35. The predicted molar refractivity (Wildman–Crippen MR) is 74.8 cm³/mol. The predicted octanol–water partition coefficient (Wildman–Crippen LogP) is 4.97. The number of halogens is 3. The Kier molecular flexibility index (Phi) is 4.52. The second-order valence-corrected chi connectivity index (χ2v) is 5.91. The van der Waals surface area contributed by atoms with E-state index in [1.807, 2.05) is 6.92 Å². The van der Waals surface area contributed by atoms with E-state index in [9.17, 15) is 4.39 Å². The lowest BCUT2D eigenvalue weighted by Crippen LogP contribution is -2.38. The van der Waals surface area contributed by atoms with Gasteiger partial charge in [0.25, 0.3) is 0 Å². The summed E-state index contributed by atoms with van der Waals surface area (Å²) in [6.45, 7) is 4.14. The zero-order valence-corrected chi connectivity index (χ0v) is 12.2. The van der Waals surface area contributed by atoms with Gasteiger partial charge in [0, 0.05) is 22.7 Å². The third-order valence-corrected chi connectivity index (χ3v) is 4.60. The van der Waals surface area contributed by atoms with Crippen molar-refractivity contribution in [2.24, 2.45) is 5.92 Å². The lowest BCUT2D eigenvalue weighted by Gasteiger charge is -2.34. The van der Waals surface area contributed by atoms with Crippen molar-refractivity contribution in [3.8, 4) is 0 Å². The molecule has 1 nitrogen and oxygen atoms in total. The first-order valence-electron chi connectivity index (χ1n) is 6.40. The van der Waals surface area contributed by atoms with Crippen LogP contribution in [0.25, 0.3) is 0 Å². The van der Waals surface area contributed by atoms with Crippen LogP contribution in [0, 0.1) is 11.7 Å². The zero-order chi connectivity index (χ0) is 13.3. The van der Waals surface area contributed by atoms with Crippen LogP contribution in [0.4, 0.5) is 4.39 Å². The molecule has 2 rings (SSSR count). The minimum absolute atomic E-state index is 0.0451. The number of hydrogen-bond donors (Lipinski definition) is 1. The number of nitrogens with one attached hydrogen (secondary N) is 1. The summed E-state index contributed by atoms with van der Waals surface area (Å²) in [6.07, 6.45) is 3.85. The van der Waals surface area contributed by atoms with E-state index in [1.54, 1.807) is 6.07 Å². The first-order chi connectivity index (χ1) is 8.50. The first-order valence-corrected chi connectivity index (χ1v) is 7.15. The van der Waals surface area contributed by atoms with Crippen molar-refractivity contribution in [3.63, 3.8) is 0 Å². The second-order valence-electron chi connectivity index (χ2n) is 5.12. The highest BCUT2D eigenvalue weighted by molar-refractivity contribution is 6.36. The van der Waals surface area contributed by atoms with Crippen molar-refractivity contribution >= 4 is 23.2 Å². The van der Waals surface area contributed by atoms with Gasteiger partial charge in [-0.15, -0.1) is 0 Å². The number of hydrogen-bond acceptors (Lipinski definition) is 1. The van der Waals surface area contributed by atoms with Crippen molar-refractivity contribution in [1.82, 2.24) is 5.32 Å². The maximum atomic E-state index is 13.5. The van der Waals surface area contributed by atoms with Crippen LogP contribution in [-0.4, -0.2) is 6.04 Å². The molecule has 1 aromatic rings. The molecule has 1 saturated carbocycles. The average molecular weight is 290 g/mol. The smallest absolute Gasteiger partial charge is 0.142 e. The average Bonchev–Trinajstić information content (AvgIpc) is 2.21. The van der Waals surface area contributed by atoms with Crippen molar-refractivity contribution in [2.75, 3.05) is 0 Å². The monoisotopic (exact) mass is 289 g/mol. The van der Waals surface area contributed by atoms with E-state index < -0.39 is 5.82 Å². The minimum atomic E-state index is -0.416. The highest BCUT2D eigenvalue weighted by atomic mass is 35.5. The molecule has 1 aliphatic rings. The topological polar surface area (TPSA) is 12.0 Å². The zero-order valence-electron chi connectivity index (χ0n) is 10.6. The molecule has 1 aromatic carbocycles. The molecule has 0 spiro atoms. The summed E-state index contributed by atoms with van der Waals surface area (Å²) >= 11 is 12.1. The van der Waals surface area contributed by atoms with Crippen LogP contribution in [-0.2, 0) is 0 Å². The fourth-order valence-electron chi connectivity index (χ4n) is 2.49. The summed E-state index contributed by atoms with van der Waals surface area (Å²) in [7, 11) is 0. The van der Waals surface area contributed by atoms with Gasteiger partial charge in [-0.05, 0) is 44.7 Å². The first kappa shape index (κ1) is 14.1. The number of benzene rings is 1. The van der Waals surface area contributed by atoms with Gasteiger partial charge in [0.15, 0.2) is 0 Å². The molecule has 0 amide bonds. The lowest BCUT2D eigenvalue weighted by molar-refractivity contribution is 0.229. The molecule has 2 atom stereocenters. The summed E-state index contributed by atoms with van der Waals surface area (Å²) in [5, 5.41) is 4.12. The number of rotatable bonds is 4. The molecule has 4 heteroatoms. The van der Waals surface area contributed by atoms with Crippen LogP contribution in [0.2, 0.25) is 10.0 Å². The molecule has 0 heterocycles. The Morgan fingerprint density at radius 3 is 2.50 bits per heavy atom. The maximum Gasteiger partial charge on any atom is 0.142 e. The van der Waals surface area contributed by atoms with Gasteiger partial charge in [-0.2, -0.15) is 0 Å². The Morgan fingerprint density at radius 1 is 1.28 bits per heavy atom. The lowest BCUT2D eigenvalue weighted by atomic mass is 9.80. The van der Waals surface area contributed by atoms with Crippen LogP contribution in [0.5, 0.6) is 0 Å². The highest BCUT2D eigenvalue weighted by Gasteiger charge is 2.26. The summed E-state index contributed by atoms with van der Waals surface area (Å²) in [5.41, 5.74) is 0.657. The molecule has 0 radical (unpaired) electrons. The maximum absolute atomic E-state index is 13.5. The Bertz CT molecular complexity index is 432. The van der Waals surface area contributed by atoms with Gasteiger partial charge in [0.05, 0.1) is 5.02 Å². The standard InChI is InChI=1S/C14H18Cl2FN/c1-8(10-4-3-5-10)18-9(2)13-11(15)6-7-12(17)14(13)16/h6-10,18H,3-5H2,1-2H3. The molecule has 0 bridgehead atoms. The van der Waals surface area contributed by atoms with Crippen molar-refractivity contribution < 1.29 is 4.39 Å². The van der Waals surface area contributed by atoms with Crippen LogP contribution in [0.15, 0.2) is 12.1 Å². The van der Waals surface area contributed by atoms with E-state index in [1.165, 1.54) is 25.3 Å². The fraction of sp³-hybridized carbons (Fsp3) is 0.571. The SMILES string of the molecule is CC(NC(C)C1CCC1)c1c(Cl)ccc(F)c1Cl. The van der Waals surface area contributed by atoms with Crippen LogP contribution in [0.3, 0.4) is 0 Å². The van der Waals surface area contributed by atoms with Crippen LogP contribution < -0.4 is 5.32 Å². The van der Waals surface area contributed by atoms with E-state index >= 15 is 0 Å². The summed E-state index contributed by atoms with van der Waals surface area (Å²) in [6, 6.07) is 3.22. The van der Waals surface area contributed by atoms with E-state index in [0.29, 0.717) is 16.6 Å². The molecule has 18 heavy (non-hydrogen) atoms. The molecule has 0 aliphatic heterocycles. The molecule has 1 fully saturated rings. The van der Waals surface area contributed by atoms with E-state index in [0.717, 1.165) is 5.92 Å². The Morgan fingerprint density at radius 2 is 1.94 bits per heavy atom. The molecule has 1 aliphatic carbocycles. The van der Waals surface area contributed by atoms with Gasteiger partial charge < -0.3 is 5.32 Å². The molecule has 2 unspecified atom stereocenters. The van der Waals surface area contributed by atoms with Gasteiger partial charge in [-0.1, -0.05) is 29.6 Å². The van der Waals surface area contributed by atoms with Crippen LogP contribution >= 0.6 is 23.2 Å². The van der Waals surface area contributed by atoms with Gasteiger partial charge in [0.1, 0.15) is 5.82 Å². The van der Waals surface area contributed by atoms with E-state index in [4.69, 9.17) is 23.2 Å². The Hall–Kier alpha value is -0.310. The third kappa shape index (κ3) is 2.81. The molecular weight excluding hydrogens is 272 g/mol. The Labute approximate surface area is 118 Å². The normalized spacial score (nSPS) is 19.4.